The molecular weight excluding hydrogens is 312 g/mol. The Morgan fingerprint density at radius 1 is 1.15 bits per heavy atom. The van der Waals surface area contributed by atoms with Crippen LogP contribution < -0.4 is 5.73 Å². The number of rotatable bonds is 4. The smallest absolute Gasteiger partial charge is 0.0332 e. The number of benzene rings is 1. The van der Waals surface area contributed by atoms with Gasteiger partial charge in [-0.2, -0.15) is 0 Å². The molecule has 1 aromatic carbocycles. The van der Waals surface area contributed by atoms with Crippen molar-refractivity contribution in [2.45, 2.75) is 51.6 Å². The lowest BCUT2D eigenvalue weighted by molar-refractivity contribution is 0.0363. The summed E-state index contributed by atoms with van der Waals surface area (Å²) in [4.78, 5) is 2.47. The van der Waals surface area contributed by atoms with Crippen LogP contribution in [-0.2, 0) is 6.54 Å². The van der Waals surface area contributed by atoms with Crippen molar-refractivity contribution in [2.75, 3.05) is 13.6 Å². The van der Waals surface area contributed by atoms with E-state index in [9.17, 15) is 0 Å². The zero-order valence-corrected chi connectivity index (χ0v) is 14.5. The summed E-state index contributed by atoms with van der Waals surface area (Å²) in [5, 5.41) is 0. The maximum atomic E-state index is 6.17. The van der Waals surface area contributed by atoms with E-state index in [4.69, 9.17) is 5.73 Å². The topological polar surface area (TPSA) is 29.3 Å². The van der Waals surface area contributed by atoms with Gasteiger partial charge >= 0.3 is 0 Å². The summed E-state index contributed by atoms with van der Waals surface area (Å²) in [7, 11) is 2.23. The van der Waals surface area contributed by atoms with Crippen LogP contribution in [0.2, 0.25) is 0 Å². The molecule has 0 saturated heterocycles. The fourth-order valence-electron chi connectivity index (χ4n) is 3.18. The third-order valence-electron chi connectivity index (χ3n) is 5.09. The van der Waals surface area contributed by atoms with Crippen LogP contribution in [0.15, 0.2) is 28.7 Å². The monoisotopic (exact) mass is 338 g/mol. The van der Waals surface area contributed by atoms with E-state index in [2.05, 4.69) is 66.0 Å². The van der Waals surface area contributed by atoms with Crippen molar-refractivity contribution in [2.24, 2.45) is 11.1 Å². The van der Waals surface area contributed by atoms with Gasteiger partial charge in [0.1, 0.15) is 0 Å². The van der Waals surface area contributed by atoms with E-state index in [1.807, 2.05) is 0 Å². The van der Waals surface area contributed by atoms with E-state index >= 15 is 0 Å². The molecule has 1 fully saturated rings. The van der Waals surface area contributed by atoms with Crippen molar-refractivity contribution >= 4 is 15.9 Å². The highest BCUT2D eigenvalue weighted by Crippen LogP contribution is 2.42. The molecule has 1 saturated carbocycles. The van der Waals surface area contributed by atoms with E-state index in [-0.39, 0.29) is 5.54 Å². The Morgan fingerprint density at radius 3 is 2.30 bits per heavy atom. The molecule has 1 aliphatic rings. The molecule has 0 radical (unpaired) electrons. The van der Waals surface area contributed by atoms with Crippen molar-refractivity contribution in [3.8, 4) is 0 Å². The zero-order chi connectivity index (χ0) is 14.8. The van der Waals surface area contributed by atoms with Crippen LogP contribution in [0.25, 0.3) is 0 Å². The van der Waals surface area contributed by atoms with Gasteiger partial charge < -0.3 is 5.73 Å². The van der Waals surface area contributed by atoms with Gasteiger partial charge in [-0.25, -0.2) is 0 Å². The number of halogens is 1. The van der Waals surface area contributed by atoms with Crippen LogP contribution in [0.3, 0.4) is 0 Å². The molecule has 112 valence electrons. The Morgan fingerprint density at radius 2 is 1.75 bits per heavy atom. The molecule has 0 heterocycles. The summed E-state index contributed by atoms with van der Waals surface area (Å²) in [5.41, 5.74) is 8.16. The standard InChI is InChI=1S/C17H27BrN2/c1-16(2)8-10-17(13-19,11-9-16)20(3)12-14-6-4-5-7-15(14)18/h4-7H,8-13,19H2,1-3H3. The molecule has 2 nitrogen and oxygen atoms in total. The second kappa shape index (κ2) is 6.17. The van der Waals surface area contributed by atoms with Gasteiger partial charge in [0.05, 0.1) is 0 Å². The maximum Gasteiger partial charge on any atom is 0.0332 e. The lowest BCUT2D eigenvalue weighted by atomic mass is 9.68. The van der Waals surface area contributed by atoms with Crippen LogP contribution >= 0.6 is 15.9 Å². The third-order valence-corrected chi connectivity index (χ3v) is 5.86. The molecule has 0 amide bonds. The summed E-state index contributed by atoms with van der Waals surface area (Å²) in [5.74, 6) is 0. The minimum Gasteiger partial charge on any atom is -0.329 e. The van der Waals surface area contributed by atoms with Crippen LogP contribution in [-0.4, -0.2) is 24.0 Å². The van der Waals surface area contributed by atoms with Crippen molar-refractivity contribution in [1.29, 1.82) is 0 Å². The molecule has 0 spiro atoms. The molecule has 3 heteroatoms. The second-order valence-electron chi connectivity index (χ2n) is 7.04. The lowest BCUT2D eigenvalue weighted by Crippen LogP contribution is -2.54. The Balaban J connectivity index is 2.10. The van der Waals surface area contributed by atoms with Crippen LogP contribution in [0.4, 0.5) is 0 Å². The maximum absolute atomic E-state index is 6.17. The second-order valence-corrected chi connectivity index (χ2v) is 7.89. The average Bonchev–Trinajstić information content (AvgIpc) is 2.42. The number of hydrogen-bond donors (Lipinski definition) is 1. The summed E-state index contributed by atoms with van der Waals surface area (Å²) in [6, 6.07) is 8.47. The Hall–Kier alpha value is -0.380. The zero-order valence-electron chi connectivity index (χ0n) is 13.0. The van der Waals surface area contributed by atoms with Crippen LogP contribution in [0.1, 0.15) is 45.1 Å². The first-order valence-corrected chi connectivity index (χ1v) is 8.33. The number of nitrogens with zero attached hydrogens (tertiary/aromatic N) is 1. The molecule has 2 N–H and O–H groups in total. The first kappa shape index (κ1) is 16.0. The third kappa shape index (κ3) is 3.44. The van der Waals surface area contributed by atoms with E-state index in [1.54, 1.807) is 0 Å². The van der Waals surface area contributed by atoms with Crippen molar-refractivity contribution in [3.05, 3.63) is 34.3 Å². The highest BCUT2D eigenvalue weighted by molar-refractivity contribution is 9.10. The molecule has 1 aromatic rings. The van der Waals surface area contributed by atoms with E-state index in [0.29, 0.717) is 5.41 Å². The number of hydrogen-bond acceptors (Lipinski definition) is 2. The van der Waals surface area contributed by atoms with Gasteiger partial charge in [-0.1, -0.05) is 48.0 Å². The Kier molecular flexibility index (Phi) is 4.93. The first-order chi connectivity index (χ1) is 9.38. The molecule has 1 aliphatic carbocycles. The van der Waals surface area contributed by atoms with Gasteiger partial charge in [0.15, 0.2) is 0 Å². The van der Waals surface area contributed by atoms with Gasteiger partial charge in [-0.3, -0.25) is 4.90 Å². The highest BCUT2D eigenvalue weighted by Gasteiger charge is 2.40. The summed E-state index contributed by atoms with van der Waals surface area (Å²) in [6.07, 6.45) is 4.95. The van der Waals surface area contributed by atoms with Gasteiger partial charge in [0, 0.05) is 23.1 Å². The molecule has 0 aromatic heterocycles. The van der Waals surface area contributed by atoms with Crippen molar-refractivity contribution in [1.82, 2.24) is 4.90 Å². The average molecular weight is 339 g/mol. The van der Waals surface area contributed by atoms with Gasteiger partial charge in [-0.15, -0.1) is 0 Å². The quantitative estimate of drug-likeness (QED) is 0.892. The van der Waals surface area contributed by atoms with Crippen molar-refractivity contribution < 1.29 is 0 Å². The minimum atomic E-state index is 0.171. The molecule has 0 unspecified atom stereocenters. The molecule has 2 rings (SSSR count). The normalized spacial score (nSPS) is 21.1. The van der Waals surface area contributed by atoms with Gasteiger partial charge in [-0.05, 0) is 49.8 Å². The summed E-state index contributed by atoms with van der Waals surface area (Å²) >= 11 is 3.65. The lowest BCUT2D eigenvalue weighted by Gasteiger charge is -2.48. The summed E-state index contributed by atoms with van der Waals surface area (Å²) < 4.78 is 1.19. The van der Waals surface area contributed by atoms with E-state index < -0.39 is 0 Å². The predicted octanol–water partition coefficient (Wildman–Crippen LogP) is 4.18. The Bertz CT molecular complexity index is 446. The molecule has 0 aliphatic heterocycles. The first-order valence-electron chi connectivity index (χ1n) is 7.53. The molecule has 0 atom stereocenters. The van der Waals surface area contributed by atoms with E-state index in [1.165, 1.54) is 35.7 Å². The fraction of sp³-hybridized carbons (Fsp3) is 0.647. The number of nitrogens with two attached hydrogens (primary N) is 1. The fourth-order valence-corrected chi connectivity index (χ4v) is 3.59. The number of likely N-dealkylation sites (N-methyl/N-ethyl adjacent to an activating group) is 1. The van der Waals surface area contributed by atoms with Gasteiger partial charge in [0.2, 0.25) is 0 Å². The van der Waals surface area contributed by atoms with Crippen LogP contribution in [0, 0.1) is 5.41 Å². The SMILES string of the molecule is CN(Cc1ccccc1Br)C1(CN)CCC(C)(C)CC1. The summed E-state index contributed by atoms with van der Waals surface area (Å²) in [6.45, 7) is 6.46. The molecule has 20 heavy (non-hydrogen) atoms. The largest absolute Gasteiger partial charge is 0.329 e. The predicted molar refractivity (Wildman–Crippen MR) is 89.6 cm³/mol. The van der Waals surface area contributed by atoms with E-state index in [0.717, 1.165) is 13.1 Å². The van der Waals surface area contributed by atoms with Gasteiger partial charge in [0.25, 0.3) is 0 Å². The Labute approximate surface area is 131 Å². The molecular formula is C17H27BrN2. The van der Waals surface area contributed by atoms with Crippen molar-refractivity contribution in [3.63, 3.8) is 0 Å². The highest BCUT2D eigenvalue weighted by atomic mass is 79.9. The minimum absolute atomic E-state index is 0.171. The molecule has 0 bridgehead atoms. The van der Waals surface area contributed by atoms with Crippen LogP contribution in [0.5, 0.6) is 0 Å².